The van der Waals surface area contributed by atoms with Crippen molar-refractivity contribution in [1.82, 2.24) is 0 Å². The highest BCUT2D eigenvalue weighted by Gasteiger charge is 2.36. The van der Waals surface area contributed by atoms with E-state index in [2.05, 4.69) is 4.72 Å². The van der Waals surface area contributed by atoms with Crippen LogP contribution in [-0.4, -0.2) is 26.1 Å². The molecule has 27 heavy (non-hydrogen) atoms. The van der Waals surface area contributed by atoms with E-state index in [4.69, 9.17) is 21.3 Å². The smallest absolute Gasteiger partial charge is 0.229 e. The summed E-state index contributed by atoms with van der Waals surface area (Å²) >= 11 is 6.46. The number of ether oxygens (including phenoxy) is 1. The van der Waals surface area contributed by atoms with Crippen molar-refractivity contribution in [3.05, 3.63) is 58.4 Å². The van der Waals surface area contributed by atoms with E-state index in [1.807, 2.05) is 13.8 Å². The quantitative estimate of drug-likeness (QED) is 0.783. The summed E-state index contributed by atoms with van der Waals surface area (Å²) in [5, 5.41) is 0.294. The van der Waals surface area contributed by atoms with Crippen molar-refractivity contribution in [2.75, 3.05) is 11.0 Å². The van der Waals surface area contributed by atoms with Gasteiger partial charge in [0, 0.05) is 24.5 Å². The molecule has 2 aromatic rings. The Kier molecular flexibility index (Phi) is 5.18. The molecule has 3 rings (SSSR count). The molecule has 1 aliphatic heterocycles. The van der Waals surface area contributed by atoms with E-state index in [1.54, 1.807) is 18.2 Å². The highest BCUT2D eigenvalue weighted by atomic mass is 35.5. The molecule has 8 heteroatoms. The molecule has 0 fully saturated rings. The molecule has 0 bridgehead atoms. The van der Waals surface area contributed by atoms with Gasteiger partial charge in [0.05, 0.1) is 28.2 Å². The zero-order valence-electron chi connectivity index (χ0n) is 15.2. The number of nitrogens with zero attached hydrogens (tertiary/aromatic N) is 1. The van der Waals surface area contributed by atoms with Gasteiger partial charge in [-0.05, 0) is 30.3 Å². The van der Waals surface area contributed by atoms with Gasteiger partial charge in [-0.15, -0.1) is 0 Å². The largest absolute Gasteiger partial charge is 0.465 e. The van der Waals surface area contributed by atoms with Gasteiger partial charge < -0.3 is 4.74 Å². The fourth-order valence-electron chi connectivity index (χ4n) is 3.02. The molecule has 0 aromatic heterocycles. The highest BCUT2D eigenvalue weighted by Crippen LogP contribution is 2.41. The standard InChI is InChI=1S/C19H20ClFN2O3S/c1-4-19(5-2)22-18(12-6-8-13(21)9-7-12)17-15(20)10-14(11-16(17)26-19)23-27(3,24)25/h6-11,23H,4-5H2,1-3H3. The predicted octanol–water partition coefficient (Wildman–Crippen LogP) is 4.60. The van der Waals surface area contributed by atoms with E-state index in [0.717, 1.165) is 6.26 Å². The molecule has 144 valence electrons. The first kappa shape index (κ1) is 19.6. The summed E-state index contributed by atoms with van der Waals surface area (Å²) in [6, 6.07) is 9.10. The number of nitrogens with one attached hydrogen (secondary N) is 1. The Hall–Kier alpha value is -2.12. The Labute approximate surface area is 163 Å². The van der Waals surface area contributed by atoms with Crippen LogP contribution in [0.25, 0.3) is 0 Å². The summed E-state index contributed by atoms with van der Waals surface area (Å²) in [4.78, 5) is 4.81. The van der Waals surface area contributed by atoms with Crippen molar-refractivity contribution >= 4 is 33.0 Å². The molecule has 0 saturated carbocycles. The zero-order chi connectivity index (χ0) is 19.8. The van der Waals surface area contributed by atoms with Crippen molar-refractivity contribution in [3.8, 4) is 5.75 Å². The molecule has 0 radical (unpaired) electrons. The normalized spacial score (nSPS) is 15.5. The molecule has 0 unspecified atom stereocenters. The molecule has 0 aliphatic carbocycles. The second-order valence-electron chi connectivity index (χ2n) is 6.43. The van der Waals surface area contributed by atoms with Crippen molar-refractivity contribution < 1.29 is 17.5 Å². The van der Waals surface area contributed by atoms with Crippen LogP contribution >= 0.6 is 11.6 Å². The molecule has 5 nitrogen and oxygen atoms in total. The van der Waals surface area contributed by atoms with Crippen LogP contribution in [-0.2, 0) is 10.0 Å². The lowest BCUT2D eigenvalue weighted by Crippen LogP contribution is -2.37. The van der Waals surface area contributed by atoms with Crippen molar-refractivity contribution in [1.29, 1.82) is 0 Å². The number of rotatable bonds is 5. The Morgan fingerprint density at radius 2 is 1.81 bits per heavy atom. The number of hydrogen-bond donors (Lipinski definition) is 1. The fraction of sp³-hybridized carbons (Fsp3) is 0.316. The number of anilines is 1. The lowest BCUT2D eigenvalue weighted by Gasteiger charge is -2.35. The molecule has 2 aromatic carbocycles. The maximum atomic E-state index is 13.4. The maximum Gasteiger partial charge on any atom is 0.229 e. The number of fused-ring (bicyclic) bond motifs is 1. The molecule has 0 atom stereocenters. The molecule has 0 amide bonds. The van der Waals surface area contributed by atoms with Gasteiger partial charge >= 0.3 is 0 Å². The van der Waals surface area contributed by atoms with Gasteiger partial charge in [0.25, 0.3) is 0 Å². The average Bonchev–Trinajstić information content (AvgIpc) is 2.59. The van der Waals surface area contributed by atoms with Crippen LogP contribution in [0.1, 0.15) is 37.8 Å². The third-order valence-corrected chi connectivity index (χ3v) is 5.34. The summed E-state index contributed by atoms with van der Waals surface area (Å²) in [5.74, 6) is 0.0920. The van der Waals surface area contributed by atoms with Crippen molar-refractivity contribution in [2.24, 2.45) is 4.99 Å². The molecule has 1 N–H and O–H groups in total. The van der Waals surface area contributed by atoms with Crippen LogP contribution in [0.2, 0.25) is 5.02 Å². The predicted molar refractivity (Wildman–Crippen MR) is 106 cm³/mol. The number of sulfonamides is 1. The van der Waals surface area contributed by atoms with Gasteiger partial charge in [-0.3, -0.25) is 4.72 Å². The molecule has 1 aliphatic rings. The van der Waals surface area contributed by atoms with E-state index in [9.17, 15) is 12.8 Å². The van der Waals surface area contributed by atoms with Crippen LogP contribution in [0.3, 0.4) is 0 Å². The number of hydrogen-bond acceptors (Lipinski definition) is 4. The van der Waals surface area contributed by atoms with Crippen LogP contribution in [0.5, 0.6) is 5.75 Å². The Balaban J connectivity index is 2.21. The summed E-state index contributed by atoms with van der Waals surface area (Å²) in [7, 11) is -3.47. The topological polar surface area (TPSA) is 67.8 Å². The number of aliphatic imine (C=N–C) groups is 1. The molecule has 0 saturated heterocycles. The lowest BCUT2D eigenvalue weighted by molar-refractivity contribution is 0.0660. The molecular formula is C19H20ClFN2O3S. The van der Waals surface area contributed by atoms with Crippen molar-refractivity contribution in [3.63, 3.8) is 0 Å². The molecule has 1 heterocycles. The highest BCUT2D eigenvalue weighted by molar-refractivity contribution is 7.92. The Morgan fingerprint density at radius 1 is 1.19 bits per heavy atom. The third-order valence-electron chi connectivity index (χ3n) is 4.43. The van der Waals surface area contributed by atoms with Crippen molar-refractivity contribution in [2.45, 2.75) is 32.4 Å². The Morgan fingerprint density at radius 3 is 2.37 bits per heavy atom. The minimum Gasteiger partial charge on any atom is -0.465 e. The first-order valence-electron chi connectivity index (χ1n) is 8.53. The SMILES string of the molecule is CCC1(CC)N=C(c2ccc(F)cc2)c2c(Cl)cc(NS(C)(=O)=O)cc2O1. The summed E-state index contributed by atoms with van der Waals surface area (Å²) in [5.41, 5.74) is 1.36. The minimum absolute atomic E-state index is 0.294. The number of benzene rings is 2. The minimum atomic E-state index is -3.47. The molecule has 0 spiro atoms. The van der Waals surface area contributed by atoms with Gasteiger partial charge in [-0.25, -0.2) is 17.8 Å². The monoisotopic (exact) mass is 410 g/mol. The second-order valence-corrected chi connectivity index (χ2v) is 8.58. The van der Waals surface area contributed by atoms with Crippen LogP contribution in [0.15, 0.2) is 41.4 Å². The van der Waals surface area contributed by atoms with Crippen LogP contribution in [0, 0.1) is 5.82 Å². The van der Waals surface area contributed by atoms with Gasteiger partial charge in [0.2, 0.25) is 10.0 Å². The van der Waals surface area contributed by atoms with E-state index in [0.29, 0.717) is 46.1 Å². The van der Waals surface area contributed by atoms with Gasteiger partial charge in [-0.1, -0.05) is 25.4 Å². The first-order valence-corrected chi connectivity index (χ1v) is 10.8. The van der Waals surface area contributed by atoms with E-state index in [-0.39, 0.29) is 5.82 Å². The zero-order valence-corrected chi connectivity index (χ0v) is 16.8. The first-order chi connectivity index (χ1) is 12.7. The fourth-order valence-corrected chi connectivity index (χ4v) is 3.87. The summed E-state index contributed by atoms with van der Waals surface area (Å²) < 4.78 is 45.1. The van der Waals surface area contributed by atoms with E-state index >= 15 is 0 Å². The van der Waals surface area contributed by atoms with E-state index < -0.39 is 15.7 Å². The van der Waals surface area contributed by atoms with Crippen LogP contribution in [0.4, 0.5) is 10.1 Å². The van der Waals surface area contributed by atoms with Crippen LogP contribution < -0.4 is 9.46 Å². The maximum absolute atomic E-state index is 13.4. The van der Waals surface area contributed by atoms with E-state index in [1.165, 1.54) is 18.2 Å². The lowest BCUT2D eigenvalue weighted by atomic mass is 9.96. The molecular weight excluding hydrogens is 391 g/mol. The summed E-state index contributed by atoms with van der Waals surface area (Å²) in [6.45, 7) is 3.92. The third kappa shape index (κ3) is 4.09. The van der Waals surface area contributed by atoms with Gasteiger partial charge in [-0.2, -0.15) is 0 Å². The average molecular weight is 411 g/mol. The number of halogens is 2. The van der Waals surface area contributed by atoms with Gasteiger partial charge in [0.1, 0.15) is 11.6 Å². The summed E-state index contributed by atoms with van der Waals surface area (Å²) in [6.07, 6.45) is 2.28. The second kappa shape index (κ2) is 7.13. The Bertz CT molecular complexity index is 1000. The van der Waals surface area contributed by atoms with Gasteiger partial charge in [0.15, 0.2) is 5.72 Å².